The zero-order valence-electron chi connectivity index (χ0n) is 14.4. The van der Waals surface area contributed by atoms with E-state index in [2.05, 4.69) is 35.7 Å². The molecule has 1 fully saturated rings. The standard InChI is InChI=1S/C18H33N3S.H2/c1-21(14-9-15-22-2)18(19-16-10-5-3-6-11-16)20-17-12-7-4-8-13-17;/h3,5,16-17H,4,6-15H2,1-2H3,(H,19,20);1H. The van der Waals surface area contributed by atoms with Gasteiger partial charge in [-0.15, -0.1) is 0 Å². The van der Waals surface area contributed by atoms with Crippen molar-refractivity contribution < 1.29 is 1.43 Å². The highest BCUT2D eigenvalue weighted by Crippen LogP contribution is 2.21. The fourth-order valence-corrected chi connectivity index (χ4v) is 3.71. The molecule has 0 amide bonds. The maximum Gasteiger partial charge on any atom is 0.194 e. The van der Waals surface area contributed by atoms with Crippen LogP contribution in [0.4, 0.5) is 0 Å². The minimum Gasteiger partial charge on any atom is -0.353 e. The zero-order chi connectivity index (χ0) is 15.6. The Morgan fingerprint density at radius 1 is 1.27 bits per heavy atom. The maximum atomic E-state index is 5.11. The van der Waals surface area contributed by atoms with Gasteiger partial charge in [0.2, 0.25) is 0 Å². The first-order valence-corrected chi connectivity index (χ1v) is 10.4. The smallest absolute Gasteiger partial charge is 0.194 e. The molecule has 0 saturated heterocycles. The third-order valence-corrected chi connectivity index (χ3v) is 5.38. The predicted molar refractivity (Wildman–Crippen MR) is 102 cm³/mol. The molecule has 0 heterocycles. The molecule has 1 unspecified atom stereocenters. The Morgan fingerprint density at radius 2 is 2.09 bits per heavy atom. The number of rotatable bonds is 6. The molecule has 0 aliphatic heterocycles. The summed E-state index contributed by atoms with van der Waals surface area (Å²) in [6.45, 7) is 1.10. The number of nitrogens with one attached hydrogen (secondary N) is 1. The van der Waals surface area contributed by atoms with Crippen LogP contribution in [0.3, 0.4) is 0 Å². The lowest BCUT2D eigenvalue weighted by Gasteiger charge is -2.29. The van der Waals surface area contributed by atoms with E-state index in [9.17, 15) is 0 Å². The van der Waals surface area contributed by atoms with Gasteiger partial charge in [-0.2, -0.15) is 11.8 Å². The van der Waals surface area contributed by atoms with Gasteiger partial charge >= 0.3 is 0 Å². The van der Waals surface area contributed by atoms with Crippen molar-refractivity contribution in [3.05, 3.63) is 12.2 Å². The van der Waals surface area contributed by atoms with Crippen LogP contribution in [0, 0.1) is 0 Å². The highest BCUT2D eigenvalue weighted by molar-refractivity contribution is 7.98. The summed E-state index contributed by atoms with van der Waals surface area (Å²) in [6, 6.07) is 1.11. The van der Waals surface area contributed by atoms with Crippen LogP contribution >= 0.6 is 11.8 Å². The zero-order valence-corrected chi connectivity index (χ0v) is 15.2. The van der Waals surface area contributed by atoms with Gasteiger partial charge in [0.15, 0.2) is 5.96 Å². The van der Waals surface area contributed by atoms with Gasteiger partial charge in [-0.05, 0) is 50.5 Å². The van der Waals surface area contributed by atoms with Crippen molar-refractivity contribution in [2.24, 2.45) is 4.99 Å². The molecule has 3 nitrogen and oxygen atoms in total. The van der Waals surface area contributed by atoms with Gasteiger partial charge in [0.25, 0.3) is 0 Å². The van der Waals surface area contributed by atoms with E-state index >= 15 is 0 Å². The Morgan fingerprint density at radius 3 is 2.77 bits per heavy atom. The highest BCUT2D eigenvalue weighted by atomic mass is 32.2. The quantitative estimate of drug-likeness (QED) is 0.341. The number of aliphatic imine (C=N–C) groups is 1. The second-order valence-electron chi connectivity index (χ2n) is 6.64. The molecule has 0 aromatic rings. The molecule has 4 heteroatoms. The average Bonchev–Trinajstić information content (AvgIpc) is 2.56. The summed E-state index contributed by atoms with van der Waals surface area (Å²) in [5.41, 5.74) is 0. The Labute approximate surface area is 142 Å². The fourth-order valence-electron chi connectivity index (χ4n) is 3.29. The van der Waals surface area contributed by atoms with E-state index in [0.29, 0.717) is 12.1 Å². The van der Waals surface area contributed by atoms with Crippen LogP contribution in [0.1, 0.15) is 59.2 Å². The van der Waals surface area contributed by atoms with Crippen LogP contribution in [0.15, 0.2) is 17.1 Å². The number of thioether (sulfide) groups is 1. The van der Waals surface area contributed by atoms with Crippen LogP contribution in [-0.2, 0) is 0 Å². The fraction of sp³-hybridized carbons (Fsp3) is 0.833. The first kappa shape index (κ1) is 17.7. The lowest BCUT2D eigenvalue weighted by molar-refractivity contribution is 0.414. The van der Waals surface area contributed by atoms with Crippen molar-refractivity contribution in [2.75, 3.05) is 25.6 Å². The first-order chi connectivity index (χ1) is 10.8. The molecule has 0 aromatic carbocycles. The van der Waals surface area contributed by atoms with E-state index in [1.807, 2.05) is 11.8 Å². The van der Waals surface area contributed by atoms with Crippen LogP contribution in [0.2, 0.25) is 0 Å². The lowest BCUT2D eigenvalue weighted by Crippen LogP contribution is -2.45. The van der Waals surface area contributed by atoms with Crippen molar-refractivity contribution in [1.82, 2.24) is 10.2 Å². The van der Waals surface area contributed by atoms with Gasteiger partial charge in [0.05, 0.1) is 6.04 Å². The number of nitrogens with zero attached hydrogens (tertiary/aromatic N) is 2. The third kappa shape index (κ3) is 6.23. The van der Waals surface area contributed by atoms with Crippen LogP contribution in [0.25, 0.3) is 0 Å². The van der Waals surface area contributed by atoms with Gasteiger partial charge < -0.3 is 10.2 Å². The molecule has 0 aromatic heterocycles. The minimum absolute atomic E-state index is 0. The first-order valence-electron chi connectivity index (χ1n) is 8.99. The number of guanidine groups is 1. The second-order valence-corrected chi connectivity index (χ2v) is 7.62. The molecule has 2 rings (SSSR count). The summed E-state index contributed by atoms with van der Waals surface area (Å²) in [5, 5.41) is 3.75. The molecule has 2 aliphatic rings. The SMILES string of the molecule is CSCCCN(C)C(=NC1CCCCC1)NC1CC=CCC1.[HH]. The summed E-state index contributed by atoms with van der Waals surface area (Å²) in [7, 11) is 2.20. The van der Waals surface area contributed by atoms with Gasteiger partial charge in [0.1, 0.15) is 0 Å². The number of hydrogen-bond donors (Lipinski definition) is 1. The lowest BCUT2D eigenvalue weighted by atomic mass is 9.96. The molecule has 1 N–H and O–H groups in total. The van der Waals surface area contributed by atoms with Crippen molar-refractivity contribution in [2.45, 2.75) is 69.9 Å². The second kappa shape index (κ2) is 10.2. The summed E-state index contributed by atoms with van der Waals surface area (Å²) in [6.07, 6.45) is 18.2. The van der Waals surface area contributed by atoms with E-state index in [-0.39, 0.29) is 1.43 Å². The largest absolute Gasteiger partial charge is 0.353 e. The Hall–Kier alpha value is -0.640. The van der Waals surface area contributed by atoms with E-state index in [0.717, 1.165) is 18.9 Å². The summed E-state index contributed by atoms with van der Waals surface area (Å²) < 4.78 is 0. The number of allylic oxidation sites excluding steroid dienone is 1. The summed E-state index contributed by atoms with van der Waals surface area (Å²) in [5.74, 6) is 2.38. The highest BCUT2D eigenvalue weighted by Gasteiger charge is 2.18. The van der Waals surface area contributed by atoms with Gasteiger partial charge in [-0.1, -0.05) is 31.4 Å². The molecular formula is C18H35N3S. The molecule has 2 aliphatic carbocycles. The maximum absolute atomic E-state index is 5.11. The third-order valence-electron chi connectivity index (χ3n) is 4.69. The molecule has 0 spiro atoms. The van der Waals surface area contributed by atoms with Gasteiger partial charge in [-0.25, -0.2) is 4.99 Å². The molecule has 22 heavy (non-hydrogen) atoms. The van der Waals surface area contributed by atoms with Crippen molar-refractivity contribution in [3.63, 3.8) is 0 Å². The van der Waals surface area contributed by atoms with E-state index in [4.69, 9.17) is 4.99 Å². The topological polar surface area (TPSA) is 27.6 Å². The molecule has 0 bridgehead atoms. The molecular weight excluding hydrogens is 290 g/mol. The van der Waals surface area contributed by atoms with Gasteiger partial charge in [-0.3, -0.25) is 0 Å². The Balaban J connectivity index is 0.00000264. The van der Waals surface area contributed by atoms with Crippen LogP contribution in [-0.4, -0.2) is 48.5 Å². The van der Waals surface area contributed by atoms with E-state index in [1.165, 1.54) is 57.1 Å². The molecule has 128 valence electrons. The summed E-state index contributed by atoms with van der Waals surface area (Å²) >= 11 is 1.93. The molecule has 1 saturated carbocycles. The predicted octanol–water partition coefficient (Wildman–Crippen LogP) is 4.30. The summed E-state index contributed by atoms with van der Waals surface area (Å²) in [4.78, 5) is 7.46. The Kier molecular flexibility index (Phi) is 8.21. The van der Waals surface area contributed by atoms with E-state index < -0.39 is 0 Å². The average molecular weight is 326 g/mol. The van der Waals surface area contributed by atoms with Crippen LogP contribution in [0.5, 0.6) is 0 Å². The minimum atomic E-state index is 0. The van der Waals surface area contributed by atoms with Crippen molar-refractivity contribution >= 4 is 17.7 Å². The van der Waals surface area contributed by atoms with Gasteiger partial charge in [0, 0.05) is 21.1 Å². The monoisotopic (exact) mass is 325 g/mol. The normalized spacial score (nSPS) is 23.5. The van der Waals surface area contributed by atoms with Crippen molar-refractivity contribution in [3.8, 4) is 0 Å². The molecule has 1 atom stereocenters. The number of hydrogen-bond acceptors (Lipinski definition) is 2. The van der Waals surface area contributed by atoms with Crippen molar-refractivity contribution in [1.29, 1.82) is 0 Å². The van der Waals surface area contributed by atoms with E-state index in [1.54, 1.807) is 0 Å². The molecule has 0 radical (unpaired) electrons. The Bertz CT molecular complexity index is 367. The van der Waals surface area contributed by atoms with Crippen LogP contribution < -0.4 is 5.32 Å².